The Balaban J connectivity index is 1.57. The molecule has 6 heteroatoms. The number of nitrogens with zero attached hydrogens (tertiary/aromatic N) is 2. The van der Waals surface area contributed by atoms with Gasteiger partial charge < -0.3 is 10.2 Å². The summed E-state index contributed by atoms with van der Waals surface area (Å²) in [5.74, 6) is -0.445. The molecule has 0 saturated carbocycles. The van der Waals surface area contributed by atoms with Crippen LogP contribution in [-0.2, 0) is 11.2 Å². The van der Waals surface area contributed by atoms with E-state index in [1.807, 2.05) is 30.3 Å². The molecule has 3 aromatic rings. The second-order valence-electron chi connectivity index (χ2n) is 8.28. The lowest BCUT2D eigenvalue weighted by molar-refractivity contribution is -0.133. The molecule has 1 aromatic heterocycles. The molecule has 1 fully saturated rings. The number of aromatic nitrogens is 1. The molecule has 0 radical (unpaired) electrons. The zero-order valence-corrected chi connectivity index (χ0v) is 18.1. The molecule has 5 nitrogen and oxygen atoms in total. The fourth-order valence-corrected chi connectivity index (χ4v) is 4.54. The van der Waals surface area contributed by atoms with Gasteiger partial charge in [-0.2, -0.15) is 0 Å². The van der Waals surface area contributed by atoms with Crippen LogP contribution in [-0.4, -0.2) is 41.8 Å². The van der Waals surface area contributed by atoms with Gasteiger partial charge in [0, 0.05) is 38.1 Å². The first kappa shape index (κ1) is 21.7. The fraction of sp³-hybridized carbons (Fsp3) is 0.269. The second-order valence-corrected chi connectivity index (χ2v) is 8.28. The number of piperidine rings is 1. The van der Waals surface area contributed by atoms with Crippen molar-refractivity contribution < 1.29 is 14.0 Å². The molecule has 2 heterocycles. The summed E-state index contributed by atoms with van der Waals surface area (Å²) in [6.45, 7) is 0.953. The minimum absolute atomic E-state index is 0.0700. The Morgan fingerprint density at radius 3 is 2.56 bits per heavy atom. The number of halogens is 1. The molecule has 164 valence electrons. The minimum Gasteiger partial charge on any atom is -0.359 e. The number of pyridine rings is 1. The van der Waals surface area contributed by atoms with E-state index in [2.05, 4.69) is 10.3 Å². The first-order valence-corrected chi connectivity index (χ1v) is 10.8. The first-order valence-electron chi connectivity index (χ1n) is 10.8. The molecule has 0 bridgehead atoms. The Kier molecular flexibility index (Phi) is 6.30. The van der Waals surface area contributed by atoms with Crippen LogP contribution in [0.4, 0.5) is 4.39 Å². The zero-order valence-electron chi connectivity index (χ0n) is 18.1. The number of hydrogen-bond donors (Lipinski definition) is 1. The van der Waals surface area contributed by atoms with Crippen molar-refractivity contribution in [2.24, 2.45) is 5.41 Å². The van der Waals surface area contributed by atoms with Crippen molar-refractivity contribution >= 4 is 11.8 Å². The number of rotatable bonds is 5. The van der Waals surface area contributed by atoms with Gasteiger partial charge in [-0.25, -0.2) is 4.39 Å². The maximum atomic E-state index is 14.1. The van der Waals surface area contributed by atoms with Gasteiger partial charge in [0.05, 0.1) is 11.0 Å². The lowest BCUT2D eigenvalue weighted by Gasteiger charge is -2.41. The number of likely N-dealkylation sites (tertiary alicyclic amines) is 1. The summed E-state index contributed by atoms with van der Waals surface area (Å²) < 4.78 is 14.1. The maximum absolute atomic E-state index is 14.1. The number of carbonyl (C=O) groups excluding carboxylic acids is 2. The van der Waals surface area contributed by atoms with E-state index in [9.17, 15) is 14.0 Å². The van der Waals surface area contributed by atoms with E-state index >= 15 is 0 Å². The summed E-state index contributed by atoms with van der Waals surface area (Å²) in [4.78, 5) is 31.8. The van der Waals surface area contributed by atoms with Crippen LogP contribution >= 0.6 is 0 Å². The van der Waals surface area contributed by atoms with Crippen molar-refractivity contribution in [3.05, 3.63) is 90.0 Å². The summed E-state index contributed by atoms with van der Waals surface area (Å²) in [5.41, 5.74) is 2.12. The molecular weight excluding hydrogens is 405 g/mol. The smallest absolute Gasteiger partial charge is 0.255 e. The van der Waals surface area contributed by atoms with Gasteiger partial charge >= 0.3 is 0 Å². The molecule has 2 amide bonds. The van der Waals surface area contributed by atoms with Crippen LogP contribution in [0.2, 0.25) is 0 Å². The molecule has 0 aliphatic carbocycles. The van der Waals surface area contributed by atoms with Gasteiger partial charge in [-0.05, 0) is 48.6 Å². The largest absolute Gasteiger partial charge is 0.359 e. The molecule has 1 saturated heterocycles. The Morgan fingerprint density at radius 2 is 1.88 bits per heavy atom. The van der Waals surface area contributed by atoms with Crippen LogP contribution in [0.3, 0.4) is 0 Å². The van der Waals surface area contributed by atoms with Crippen LogP contribution in [0.25, 0.3) is 11.1 Å². The van der Waals surface area contributed by atoms with Gasteiger partial charge in [0.15, 0.2) is 0 Å². The van der Waals surface area contributed by atoms with Crippen molar-refractivity contribution in [3.8, 4) is 11.1 Å². The van der Waals surface area contributed by atoms with E-state index in [-0.39, 0.29) is 17.6 Å². The highest BCUT2D eigenvalue weighted by atomic mass is 19.1. The van der Waals surface area contributed by atoms with Crippen LogP contribution in [0.1, 0.15) is 28.8 Å². The van der Waals surface area contributed by atoms with Crippen molar-refractivity contribution in [1.29, 1.82) is 0 Å². The Labute approximate surface area is 187 Å². The van der Waals surface area contributed by atoms with Crippen molar-refractivity contribution in [2.75, 3.05) is 20.1 Å². The molecule has 0 spiro atoms. The SMILES string of the molecule is CNC(=O)[C@@]1(Cc2ccc(-c3ccccc3F)cc2)CCCN(C(=O)c2cccnc2)C1. The number of nitrogens with one attached hydrogen (secondary N) is 1. The first-order chi connectivity index (χ1) is 15.5. The average Bonchev–Trinajstić information content (AvgIpc) is 2.84. The van der Waals surface area contributed by atoms with Crippen molar-refractivity contribution in [3.63, 3.8) is 0 Å². The summed E-state index contributed by atoms with van der Waals surface area (Å²) >= 11 is 0. The summed E-state index contributed by atoms with van der Waals surface area (Å²) in [6.07, 6.45) is 5.12. The Hall–Kier alpha value is -3.54. The maximum Gasteiger partial charge on any atom is 0.255 e. The van der Waals surface area contributed by atoms with Gasteiger partial charge in [0.1, 0.15) is 5.82 Å². The Bertz CT molecular complexity index is 1100. The third-order valence-electron chi connectivity index (χ3n) is 6.16. The van der Waals surface area contributed by atoms with Crippen LogP contribution in [0, 0.1) is 11.2 Å². The highest BCUT2D eigenvalue weighted by molar-refractivity contribution is 5.94. The van der Waals surface area contributed by atoms with Crippen LogP contribution in [0.5, 0.6) is 0 Å². The van der Waals surface area contributed by atoms with Crippen LogP contribution < -0.4 is 5.32 Å². The molecule has 4 rings (SSSR count). The minimum atomic E-state index is -0.718. The summed E-state index contributed by atoms with van der Waals surface area (Å²) in [5, 5.41) is 2.80. The normalized spacial score (nSPS) is 18.2. The van der Waals surface area contributed by atoms with Gasteiger partial charge in [-0.3, -0.25) is 14.6 Å². The van der Waals surface area contributed by atoms with Crippen molar-refractivity contribution in [1.82, 2.24) is 15.2 Å². The number of benzene rings is 2. The quantitative estimate of drug-likeness (QED) is 0.662. The van der Waals surface area contributed by atoms with E-state index in [0.29, 0.717) is 37.1 Å². The predicted octanol–water partition coefficient (Wildman–Crippen LogP) is 4.10. The standard InChI is InChI=1S/C26H26FN3O2/c1-28-25(32)26(13-5-15-30(18-26)24(31)21-6-4-14-29-17-21)16-19-9-11-20(12-10-19)22-7-2-3-8-23(22)27/h2-4,6-12,14,17H,5,13,15-16,18H2,1H3,(H,28,32)/t26-/m1/s1. The molecule has 1 N–H and O–H groups in total. The zero-order chi connectivity index (χ0) is 22.6. The third-order valence-corrected chi connectivity index (χ3v) is 6.16. The molecule has 1 aliphatic heterocycles. The second kappa shape index (κ2) is 9.30. The van der Waals surface area contributed by atoms with E-state index < -0.39 is 5.41 Å². The van der Waals surface area contributed by atoms with E-state index in [4.69, 9.17) is 0 Å². The monoisotopic (exact) mass is 431 g/mol. The molecule has 1 aliphatic rings. The molecule has 2 aromatic carbocycles. The highest BCUT2D eigenvalue weighted by Gasteiger charge is 2.43. The van der Waals surface area contributed by atoms with Crippen LogP contribution in [0.15, 0.2) is 73.1 Å². The molecular formula is C26H26FN3O2. The number of hydrogen-bond acceptors (Lipinski definition) is 3. The number of carbonyl (C=O) groups is 2. The third kappa shape index (κ3) is 4.40. The van der Waals surface area contributed by atoms with E-state index in [1.54, 1.807) is 48.6 Å². The predicted molar refractivity (Wildman–Crippen MR) is 121 cm³/mol. The van der Waals surface area contributed by atoms with Gasteiger partial charge in [0.2, 0.25) is 5.91 Å². The topological polar surface area (TPSA) is 62.3 Å². The Morgan fingerprint density at radius 1 is 1.09 bits per heavy atom. The van der Waals surface area contributed by atoms with Gasteiger partial charge in [-0.1, -0.05) is 42.5 Å². The lowest BCUT2D eigenvalue weighted by Crippen LogP contribution is -2.54. The van der Waals surface area contributed by atoms with E-state index in [0.717, 1.165) is 17.5 Å². The van der Waals surface area contributed by atoms with Gasteiger partial charge in [0.25, 0.3) is 5.91 Å². The summed E-state index contributed by atoms with van der Waals surface area (Å²) in [6, 6.07) is 17.8. The summed E-state index contributed by atoms with van der Waals surface area (Å²) in [7, 11) is 1.63. The highest BCUT2D eigenvalue weighted by Crippen LogP contribution is 2.35. The lowest BCUT2D eigenvalue weighted by atomic mass is 9.74. The fourth-order valence-electron chi connectivity index (χ4n) is 4.54. The number of amides is 2. The van der Waals surface area contributed by atoms with Crippen molar-refractivity contribution in [2.45, 2.75) is 19.3 Å². The average molecular weight is 432 g/mol. The van der Waals surface area contributed by atoms with E-state index in [1.165, 1.54) is 6.07 Å². The molecule has 0 unspecified atom stereocenters. The molecule has 1 atom stereocenters. The molecule has 32 heavy (non-hydrogen) atoms. The van der Waals surface area contributed by atoms with Gasteiger partial charge in [-0.15, -0.1) is 0 Å².